The van der Waals surface area contributed by atoms with Crippen molar-refractivity contribution in [3.63, 3.8) is 0 Å². The number of rotatable bonds is 10. The van der Waals surface area contributed by atoms with Gasteiger partial charge in [0.15, 0.2) is 0 Å². The molecule has 26 heavy (non-hydrogen) atoms. The van der Waals surface area contributed by atoms with Gasteiger partial charge in [-0.1, -0.05) is 68.6 Å². The van der Waals surface area contributed by atoms with E-state index >= 15 is 0 Å². The molecule has 1 aromatic carbocycles. The molecule has 142 valence electrons. The number of benzene rings is 1. The number of thioether (sulfide) groups is 1. The van der Waals surface area contributed by atoms with Crippen molar-refractivity contribution in [2.45, 2.75) is 46.1 Å². The van der Waals surface area contributed by atoms with Crippen molar-refractivity contribution in [1.29, 1.82) is 0 Å². The Bertz CT molecular complexity index is 684. The highest BCUT2D eigenvalue weighted by molar-refractivity contribution is 8.10. The Labute approximate surface area is 161 Å². The summed E-state index contributed by atoms with van der Waals surface area (Å²) < 4.78 is 26.9. The standard InChI is InChI=1S/C22H29F2NS/c1-8-21(15(2)3)25-17(5)12-16(4)14-26-18(6)19-10-9-11-20(13-19)22(7,23)24/h8-11,13-15,21,25H,1,5-6,12H2,2-4,7H3/b16-14+. The predicted molar refractivity (Wildman–Crippen MR) is 112 cm³/mol. The van der Waals surface area contributed by atoms with Gasteiger partial charge in [-0.3, -0.25) is 0 Å². The van der Waals surface area contributed by atoms with E-state index in [4.69, 9.17) is 0 Å². The van der Waals surface area contributed by atoms with Crippen LogP contribution in [-0.4, -0.2) is 6.04 Å². The van der Waals surface area contributed by atoms with E-state index < -0.39 is 5.92 Å². The number of halogens is 2. The summed E-state index contributed by atoms with van der Waals surface area (Å²) in [5.41, 5.74) is 2.76. The number of hydrogen-bond acceptors (Lipinski definition) is 2. The Kier molecular flexibility index (Phi) is 8.35. The summed E-state index contributed by atoms with van der Waals surface area (Å²) in [5, 5.41) is 5.36. The molecule has 0 heterocycles. The molecule has 1 nitrogen and oxygen atoms in total. The van der Waals surface area contributed by atoms with Gasteiger partial charge >= 0.3 is 0 Å². The monoisotopic (exact) mass is 377 g/mol. The topological polar surface area (TPSA) is 12.0 Å². The second kappa shape index (κ2) is 9.77. The summed E-state index contributed by atoms with van der Waals surface area (Å²) in [6, 6.07) is 6.55. The van der Waals surface area contributed by atoms with Crippen LogP contribution in [0.3, 0.4) is 0 Å². The van der Waals surface area contributed by atoms with Crippen molar-refractivity contribution in [2.24, 2.45) is 5.92 Å². The zero-order valence-electron chi connectivity index (χ0n) is 16.1. The number of nitrogens with one attached hydrogen (secondary N) is 1. The molecule has 0 aliphatic heterocycles. The third kappa shape index (κ3) is 7.20. The average Bonchev–Trinajstić information content (AvgIpc) is 2.56. The molecule has 4 heteroatoms. The van der Waals surface area contributed by atoms with Crippen LogP contribution in [0.4, 0.5) is 8.78 Å². The second-order valence-corrected chi connectivity index (χ2v) is 7.87. The molecule has 0 saturated heterocycles. The molecular weight excluding hydrogens is 348 g/mol. The largest absolute Gasteiger partial charge is 0.382 e. The van der Waals surface area contributed by atoms with Gasteiger partial charge in [-0.2, -0.15) is 0 Å². The van der Waals surface area contributed by atoms with E-state index in [1.807, 2.05) is 18.4 Å². The molecule has 0 aliphatic carbocycles. The lowest BCUT2D eigenvalue weighted by atomic mass is 10.0. The first kappa shape index (κ1) is 22.2. The van der Waals surface area contributed by atoms with Gasteiger partial charge in [0.05, 0.1) is 0 Å². The van der Waals surface area contributed by atoms with Crippen molar-refractivity contribution in [3.05, 3.63) is 77.9 Å². The molecule has 0 aromatic heterocycles. The molecule has 1 unspecified atom stereocenters. The lowest BCUT2D eigenvalue weighted by molar-refractivity contribution is 0.0174. The van der Waals surface area contributed by atoms with Gasteiger partial charge in [0.1, 0.15) is 0 Å². The minimum absolute atomic E-state index is 0.000758. The fourth-order valence-corrected chi connectivity index (χ4v) is 3.06. The van der Waals surface area contributed by atoms with Gasteiger partial charge in [0.2, 0.25) is 0 Å². The minimum Gasteiger partial charge on any atom is -0.382 e. The molecule has 0 radical (unpaired) electrons. The van der Waals surface area contributed by atoms with E-state index in [-0.39, 0.29) is 11.6 Å². The van der Waals surface area contributed by atoms with E-state index in [0.717, 1.165) is 23.1 Å². The van der Waals surface area contributed by atoms with Crippen molar-refractivity contribution < 1.29 is 8.78 Å². The predicted octanol–water partition coefficient (Wildman–Crippen LogP) is 7.11. The molecule has 0 saturated carbocycles. The van der Waals surface area contributed by atoms with E-state index in [9.17, 15) is 8.78 Å². The van der Waals surface area contributed by atoms with Gasteiger partial charge < -0.3 is 5.32 Å². The minimum atomic E-state index is -2.85. The van der Waals surface area contributed by atoms with E-state index in [1.54, 1.807) is 12.1 Å². The summed E-state index contributed by atoms with van der Waals surface area (Å²) in [6.45, 7) is 19.1. The summed E-state index contributed by atoms with van der Waals surface area (Å²) in [4.78, 5) is 0.736. The zero-order valence-corrected chi connectivity index (χ0v) is 16.9. The molecule has 1 aromatic rings. The van der Waals surface area contributed by atoms with Crippen LogP contribution >= 0.6 is 11.8 Å². The van der Waals surface area contributed by atoms with Crippen LogP contribution in [0.5, 0.6) is 0 Å². The first-order valence-electron chi connectivity index (χ1n) is 8.61. The van der Waals surface area contributed by atoms with Crippen molar-refractivity contribution >= 4 is 16.7 Å². The van der Waals surface area contributed by atoms with Crippen LogP contribution in [0.25, 0.3) is 4.91 Å². The van der Waals surface area contributed by atoms with Crippen molar-refractivity contribution in [1.82, 2.24) is 5.32 Å². The molecule has 1 N–H and O–H groups in total. The van der Waals surface area contributed by atoms with Gasteiger partial charge in [-0.05, 0) is 29.9 Å². The van der Waals surface area contributed by atoms with E-state index in [0.29, 0.717) is 17.9 Å². The van der Waals surface area contributed by atoms with E-state index in [2.05, 4.69) is 38.9 Å². The Morgan fingerprint density at radius 2 is 1.96 bits per heavy atom. The van der Waals surface area contributed by atoms with Gasteiger partial charge in [0.25, 0.3) is 5.92 Å². The Morgan fingerprint density at radius 3 is 2.50 bits per heavy atom. The maximum absolute atomic E-state index is 13.5. The molecular formula is C22H29F2NS. The molecule has 0 fully saturated rings. The summed E-state index contributed by atoms with van der Waals surface area (Å²) >= 11 is 1.44. The fraction of sp³-hybridized carbons (Fsp3) is 0.364. The smallest absolute Gasteiger partial charge is 0.270 e. The molecule has 0 bridgehead atoms. The summed E-state index contributed by atoms with van der Waals surface area (Å²) in [5.74, 6) is -2.42. The van der Waals surface area contributed by atoms with Gasteiger partial charge in [-0.25, -0.2) is 8.78 Å². The van der Waals surface area contributed by atoms with Gasteiger partial charge in [0, 0.05) is 35.6 Å². The number of allylic oxidation sites excluding steroid dienone is 1. The Balaban J connectivity index is 2.68. The second-order valence-electron chi connectivity index (χ2n) is 6.90. The Hall–Kier alpha value is -1.81. The normalized spacial score (nSPS) is 13.4. The van der Waals surface area contributed by atoms with Crippen LogP contribution in [0.1, 0.15) is 45.2 Å². The average molecular weight is 378 g/mol. The van der Waals surface area contributed by atoms with Crippen LogP contribution in [0.2, 0.25) is 0 Å². The third-order valence-electron chi connectivity index (χ3n) is 3.93. The molecule has 0 amide bonds. The lowest BCUT2D eigenvalue weighted by Crippen LogP contribution is -2.30. The van der Waals surface area contributed by atoms with Crippen molar-refractivity contribution in [3.8, 4) is 0 Å². The SMILES string of the molecule is C=CC(NC(=C)C/C(C)=C/SC(=C)c1cccc(C(C)(F)F)c1)C(C)C. The fourth-order valence-electron chi connectivity index (χ4n) is 2.37. The Morgan fingerprint density at radius 1 is 1.31 bits per heavy atom. The number of alkyl halides is 2. The van der Waals surface area contributed by atoms with Gasteiger partial charge in [-0.15, -0.1) is 6.58 Å². The van der Waals surface area contributed by atoms with E-state index in [1.165, 1.54) is 23.9 Å². The maximum atomic E-state index is 13.5. The lowest BCUT2D eigenvalue weighted by Gasteiger charge is -2.21. The van der Waals surface area contributed by atoms with Crippen molar-refractivity contribution in [2.75, 3.05) is 0 Å². The highest BCUT2D eigenvalue weighted by Crippen LogP contribution is 2.33. The summed E-state index contributed by atoms with van der Waals surface area (Å²) in [7, 11) is 0. The quantitative estimate of drug-likeness (QED) is 0.436. The molecule has 1 rings (SSSR count). The zero-order chi connectivity index (χ0) is 19.9. The number of hydrogen-bond donors (Lipinski definition) is 1. The third-order valence-corrected chi connectivity index (χ3v) is 4.97. The van der Waals surface area contributed by atoms with Crippen LogP contribution in [-0.2, 0) is 5.92 Å². The van der Waals surface area contributed by atoms with Crippen LogP contribution < -0.4 is 5.32 Å². The first-order chi connectivity index (χ1) is 12.0. The highest BCUT2D eigenvalue weighted by Gasteiger charge is 2.24. The van der Waals surface area contributed by atoms with Crippen LogP contribution in [0, 0.1) is 5.92 Å². The summed E-state index contributed by atoms with van der Waals surface area (Å²) in [6.07, 6.45) is 2.60. The first-order valence-corrected chi connectivity index (χ1v) is 9.49. The molecule has 0 spiro atoms. The van der Waals surface area contributed by atoms with Crippen LogP contribution in [0.15, 0.2) is 66.8 Å². The molecule has 1 atom stereocenters. The molecule has 0 aliphatic rings. The highest BCUT2D eigenvalue weighted by atomic mass is 32.2. The maximum Gasteiger partial charge on any atom is 0.270 e.